The predicted octanol–water partition coefficient (Wildman–Crippen LogP) is 2.47. The van der Waals surface area contributed by atoms with Crippen LogP contribution in [0.25, 0.3) is 0 Å². The van der Waals surface area contributed by atoms with Crippen LogP contribution >= 0.6 is 0 Å². The van der Waals surface area contributed by atoms with Gasteiger partial charge in [0.2, 0.25) is 0 Å². The van der Waals surface area contributed by atoms with Gasteiger partial charge >= 0.3 is 0 Å². The van der Waals surface area contributed by atoms with Gasteiger partial charge in [0.1, 0.15) is 0 Å². The highest BCUT2D eigenvalue weighted by Crippen LogP contribution is 2.21. The van der Waals surface area contributed by atoms with Gasteiger partial charge in [-0.25, -0.2) is 0 Å². The number of guanidine groups is 1. The molecule has 0 bridgehead atoms. The summed E-state index contributed by atoms with van der Waals surface area (Å²) in [7, 11) is 0. The molecule has 1 fully saturated rings. The second kappa shape index (κ2) is 6.77. The van der Waals surface area contributed by atoms with Crippen LogP contribution < -0.4 is 5.73 Å². The number of nitrogens with two attached hydrogens (primary N) is 1. The van der Waals surface area contributed by atoms with Gasteiger partial charge < -0.3 is 10.6 Å². The molecular formula is C13H27N3. The van der Waals surface area contributed by atoms with Gasteiger partial charge in [-0.05, 0) is 24.7 Å². The number of hydrogen-bond donors (Lipinski definition) is 1. The molecule has 1 aliphatic heterocycles. The first kappa shape index (κ1) is 13.3. The Morgan fingerprint density at radius 3 is 2.50 bits per heavy atom. The monoisotopic (exact) mass is 225 g/mol. The van der Waals surface area contributed by atoms with E-state index >= 15 is 0 Å². The maximum Gasteiger partial charge on any atom is 0.191 e. The van der Waals surface area contributed by atoms with Crippen molar-refractivity contribution in [1.82, 2.24) is 4.90 Å². The zero-order valence-electron chi connectivity index (χ0n) is 11.1. The van der Waals surface area contributed by atoms with Crippen molar-refractivity contribution >= 4 is 5.96 Å². The Morgan fingerprint density at radius 2 is 2.00 bits per heavy atom. The van der Waals surface area contributed by atoms with Gasteiger partial charge in [0.15, 0.2) is 5.96 Å². The molecule has 1 aliphatic rings. The van der Waals surface area contributed by atoms with Gasteiger partial charge in [-0.3, -0.25) is 4.99 Å². The fourth-order valence-electron chi connectivity index (χ4n) is 2.24. The van der Waals surface area contributed by atoms with E-state index in [-0.39, 0.29) is 0 Å². The van der Waals surface area contributed by atoms with Gasteiger partial charge in [-0.1, -0.05) is 33.6 Å². The molecule has 1 heterocycles. The Bertz CT molecular complexity index is 215. The van der Waals surface area contributed by atoms with E-state index in [0.717, 1.165) is 31.5 Å². The lowest BCUT2D eigenvalue weighted by Crippen LogP contribution is -2.43. The minimum absolute atomic E-state index is 0.594. The average molecular weight is 225 g/mol. The first-order valence-corrected chi connectivity index (χ1v) is 6.68. The molecule has 0 aromatic heterocycles. The number of hydrogen-bond acceptors (Lipinski definition) is 1. The van der Waals surface area contributed by atoms with Crippen LogP contribution in [-0.2, 0) is 0 Å². The lowest BCUT2D eigenvalue weighted by molar-refractivity contribution is 0.252. The molecule has 0 amide bonds. The summed E-state index contributed by atoms with van der Waals surface area (Å²) in [5.41, 5.74) is 5.99. The van der Waals surface area contributed by atoms with Crippen LogP contribution in [0.1, 0.15) is 46.5 Å². The van der Waals surface area contributed by atoms with E-state index in [2.05, 4.69) is 30.7 Å². The topological polar surface area (TPSA) is 41.6 Å². The molecule has 0 saturated carbocycles. The first-order valence-electron chi connectivity index (χ1n) is 6.68. The number of nitrogens with zero attached hydrogens (tertiary/aromatic N) is 2. The average Bonchev–Trinajstić information content (AvgIpc) is 2.27. The minimum atomic E-state index is 0.594. The predicted molar refractivity (Wildman–Crippen MR) is 70.5 cm³/mol. The molecule has 1 rings (SSSR count). The normalized spacial score (nSPS) is 19.5. The maximum absolute atomic E-state index is 5.99. The van der Waals surface area contributed by atoms with E-state index in [9.17, 15) is 0 Å². The second-order valence-corrected chi connectivity index (χ2v) is 5.31. The Balaban J connectivity index is 2.32. The third-order valence-corrected chi connectivity index (χ3v) is 3.25. The van der Waals surface area contributed by atoms with E-state index < -0.39 is 0 Å². The quantitative estimate of drug-likeness (QED) is 0.590. The minimum Gasteiger partial charge on any atom is -0.370 e. The molecule has 0 aromatic rings. The highest BCUT2D eigenvalue weighted by atomic mass is 15.3. The van der Waals surface area contributed by atoms with Crippen molar-refractivity contribution in [3.63, 3.8) is 0 Å². The molecule has 0 unspecified atom stereocenters. The molecule has 16 heavy (non-hydrogen) atoms. The van der Waals surface area contributed by atoms with Crippen molar-refractivity contribution in [3.05, 3.63) is 0 Å². The summed E-state index contributed by atoms with van der Waals surface area (Å²) >= 11 is 0. The number of rotatable bonds is 4. The zero-order chi connectivity index (χ0) is 12.0. The van der Waals surface area contributed by atoms with Gasteiger partial charge in [-0.2, -0.15) is 0 Å². The summed E-state index contributed by atoms with van der Waals surface area (Å²) in [6.07, 6.45) is 5.25. The molecule has 1 saturated heterocycles. The lowest BCUT2D eigenvalue weighted by atomic mass is 9.93. The van der Waals surface area contributed by atoms with Crippen LogP contribution in [0.2, 0.25) is 0 Å². The number of aliphatic imine (C=N–C) groups is 1. The van der Waals surface area contributed by atoms with E-state index in [1.165, 1.54) is 25.7 Å². The Hall–Kier alpha value is -0.730. The van der Waals surface area contributed by atoms with Crippen LogP contribution in [0.15, 0.2) is 4.99 Å². The second-order valence-electron chi connectivity index (χ2n) is 5.31. The fraction of sp³-hybridized carbons (Fsp3) is 0.923. The SMILES string of the molecule is CCCC1CCN(C(N)=NCC(C)C)CC1. The van der Waals surface area contributed by atoms with Crippen LogP contribution in [0.3, 0.4) is 0 Å². The van der Waals surface area contributed by atoms with Crippen LogP contribution in [-0.4, -0.2) is 30.5 Å². The van der Waals surface area contributed by atoms with Crippen LogP contribution in [0.5, 0.6) is 0 Å². The maximum atomic E-state index is 5.99. The number of piperidine rings is 1. The highest BCUT2D eigenvalue weighted by Gasteiger charge is 2.19. The molecule has 0 atom stereocenters. The molecule has 3 heteroatoms. The van der Waals surface area contributed by atoms with Crippen LogP contribution in [0.4, 0.5) is 0 Å². The summed E-state index contributed by atoms with van der Waals surface area (Å²) in [6.45, 7) is 9.65. The van der Waals surface area contributed by atoms with E-state index in [4.69, 9.17) is 5.73 Å². The largest absolute Gasteiger partial charge is 0.370 e. The lowest BCUT2D eigenvalue weighted by Gasteiger charge is -2.32. The van der Waals surface area contributed by atoms with Crippen molar-refractivity contribution in [2.24, 2.45) is 22.6 Å². The summed E-state index contributed by atoms with van der Waals surface area (Å²) in [6, 6.07) is 0. The third-order valence-electron chi connectivity index (χ3n) is 3.25. The van der Waals surface area contributed by atoms with Gasteiger partial charge in [-0.15, -0.1) is 0 Å². The Kier molecular flexibility index (Phi) is 5.64. The molecular weight excluding hydrogens is 198 g/mol. The van der Waals surface area contributed by atoms with Gasteiger partial charge in [0.05, 0.1) is 0 Å². The van der Waals surface area contributed by atoms with E-state index in [0.29, 0.717) is 5.92 Å². The molecule has 2 N–H and O–H groups in total. The van der Waals surface area contributed by atoms with Gasteiger partial charge in [0, 0.05) is 19.6 Å². The standard InChI is InChI=1S/C13H27N3/c1-4-5-12-6-8-16(9-7-12)13(14)15-10-11(2)3/h11-12H,4-10H2,1-3H3,(H2,14,15). The summed E-state index contributed by atoms with van der Waals surface area (Å²) in [4.78, 5) is 6.68. The molecule has 0 aliphatic carbocycles. The van der Waals surface area contributed by atoms with Crippen molar-refractivity contribution in [2.45, 2.75) is 46.5 Å². The Morgan fingerprint density at radius 1 is 1.38 bits per heavy atom. The van der Waals surface area contributed by atoms with Crippen molar-refractivity contribution in [2.75, 3.05) is 19.6 Å². The van der Waals surface area contributed by atoms with Crippen molar-refractivity contribution < 1.29 is 0 Å². The highest BCUT2D eigenvalue weighted by molar-refractivity contribution is 5.78. The number of likely N-dealkylation sites (tertiary alicyclic amines) is 1. The zero-order valence-corrected chi connectivity index (χ0v) is 11.1. The molecule has 0 aromatic carbocycles. The summed E-state index contributed by atoms with van der Waals surface area (Å²) < 4.78 is 0. The molecule has 0 spiro atoms. The third kappa shape index (κ3) is 4.42. The molecule has 94 valence electrons. The van der Waals surface area contributed by atoms with Gasteiger partial charge in [0.25, 0.3) is 0 Å². The van der Waals surface area contributed by atoms with E-state index in [1.807, 2.05) is 0 Å². The Labute approximate surface area is 100 Å². The van der Waals surface area contributed by atoms with E-state index in [1.54, 1.807) is 0 Å². The summed E-state index contributed by atoms with van der Waals surface area (Å²) in [5, 5.41) is 0. The fourth-order valence-corrected chi connectivity index (χ4v) is 2.24. The smallest absolute Gasteiger partial charge is 0.191 e. The molecule has 3 nitrogen and oxygen atoms in total. The first-order chi connectivity index (χ1) is 7.63. The van der Waals surface area contributed by atoms with Crippen molar-refractivity contribution in [3.8, 4) is 0 Å². The van der Waals surface area contributed by atoms with Crippen molar-refractivity contribution in [1.29, 1.82) is 0 Å². The molecule has 0 radical (unpaired) electrons. The van der Waals surface area contributed by atoms with Crippen LogP contribution in [0, 0.1) is 11.8 Å². The summed E-state index contributed by atoms with van der Waals surface area (Å²) in [5.74, 6) is 2.26.